The molecule has 0 radical (unpaired) electrons. The van der Waals surface area contributed by atoms with Gasteiger partial charge < -0.3 is 14.2 Å². The van der Waals surface area contributed by atoms with Gasteiger partial charge in [0.25, 0.3) is 0 Å². The lowest BCUT2D eigenvalue weighted by atomic mass is 9.97. The van der Waals surface area contributed by atoms with Crippen molar-refractivity contribution in [3.63, 3.8) is 0 Å². The van der Waals surface area contributed by atoms with E-state index in [1.165, 1.54) is 38.9 Å². The number of rotatable bonds is 5. The van der Waals surface area contributed by atoms with Gasteiger partial charge in [0.15, 0.2) is 0 Å². The Kier molecular flexibility index (Phi) is 4.96. The van der Waals surface area contributed by atoms with Gasteiger partial charge in [-0.15, -0.1) is 0 Å². The number of amides is 1. The highest BCUT2D eigenvalue weighted by atomic mass is 16.3. The molecule has 0 aromatic carbocycles. The first-order valence-electron chi connectivity index (χ1n) is 8.34. The summed E-state index contributed by atoms with van der Waals surface area (Å²) in [4.78, 5) is 17.0. The Balaban J connectivity index is 1.44. The van der Waals surface area contributed by atoms with Crippen molar-refractivity contribution in [1.29, 1.82) is 0 Å². The molecule has 21 heavy (non-hydrogen) atoms. The van der Waals surface area contributed by atoms with Crippen molar-refractivity contribution in [2.45, 2.75) is 38.5 Å². The third-order valence-electron chi connectivity index (χ3n) is 4.75. The van der Waals surface area contributed by atoms with Crippen molar-refractivity contribution in [2.75, 3.05) is 32.7 Å². The van der Waals surface area contributed by atoms with Crippen molar-refractivity contribution in [3.05, 3.63) is 24.2 Å². The zero-order valence-electron chi connectivity index (χ0n) is 12.8. The average Bonchev–Trinajstić information content (AvgIpc) is 3.18. The minimum absolute atomic E-state index is 0.289. The molecule has 2 aliphatic rings. The summed E-state index contributed by atoms with van der Waals surface area (Å²) in [5, 5.41) is 0. The smallest absolute Gasteiger partial charge is 0.223 e. The van der Waals surface area contributed by atoms with Crippen LogP contribution in [0.15, 0.2) is 22.8 Å². The van der Waals surface area contributed by atoms with E-state index in [1.54, 1.807) is 6.26 Å². The van der Waals surface area contributed by atoms with Crippen LogP contribution >= 0.6 is 0 Å². The van der Waals surface area contributed by atoms with Gasteiger partial charge in [-0.05, 0) is 56.8 Å². The first-order valence-corrected chi connectivity index (χ1v) is 8.34. The van der Waals surface area contributed by atoms with Gasteiger partial charge in [0, 0.05) is 32.5 Å². The number of carbonyl (C=O) groups is 1. The van der Waals surface area contributed by atoms with E-state index in [4.69, 9.17) is 4.42 Å². The normalized spacial score (nSPS) is 23.6. The van der Waals surface area contributed by atoms with Crippen LogP contribution in [0, 0.1) is 5.92 Å². The quantitative estimate of drug-likeness (QED) is 0.836. The molecule has 0 bridgehead atoms. The summed E-state index contributed by atoms with van der Waals surface area (Å²) in [7, 11) is 0. The molecule has 0 saturated carbocycles. The fourth-order valence-electron chi connectivity index (χ4n) is 3.61. The summed E-state index contributed by atoms with van der Waals surface area (Å²) in [5.74, 6) is 1.87. The Bertz CT molecular complexity index is 438. The predicted molar refractivity (Wildman–Crippen MR) is 82.0 cm³/mol. The van der Waals surface area contributed by atoms with E-state index in [9.17, 15) is 4.79 Å². The van der Waals surface area contributed by atoms with Crippen LogP contribution in [0.25, 0.3) is 0 Å². The van der Waals surface area contributed by atoms with Crippen molar-refractivity contribution in [3.8, 4) is 0 Å². The third-order valence-corrected chi connectivity index (χ3v) is 4.75. The topological polar surface area (TPSA) is 36.7 Å². The Morgan fingerprint density at radius 2 is 2.10 bits per heavy atom. The van der Waals surface area contributed by atoms with Crippen LogP contribution < -0.4 is 0 Å². The van der Waals surface area contributed by atoms with Crippen molar-refractivity contribution >= 4 is 5.91 Å². The molecule has 1 unspecified atom stereocenters. The molecular weight excluding hydrogens is 264 g/mol. The number of furan rings is 1. The fourth-order valence-corrected chi connectivity index (χ4v) is 3.61. The molecule has 0 spiro atoms. The molecule has 1 amide bonds. The Morgan fingerprint density at radius 1 is 1.24 bits per heavy atom. The van der Waals surface area contributed by atoms with Gasteiger partial charge >= 0.3 is 0 Å². The van der Waals surface area contributed by atoms with E-state index in [0.717, 1.165) is 31.7 Å². The van der Waals surface area contributed by atoms with E-state index < -0.39 is 0 Å². The second kappa shape index (κ2) is 7.12. The molecule has 4 heteroatoms. The lowest BCUT2D eigenvalue weighted by molar-refractivity contribution is -0.133. The standard InChI is InChI=1S/C17H26N2O2/c20-17(8-7-16-6-4-12-21-16)19-11-3-5-15(14-19)13-18-9-1-2-10-18/h4,6,12,15H,1-3,5,7-11,13-14H2. The number of piperidine rings is 1. The van der Waals surface area contributed by atoms with Crippen molar-refractivity contribution in [1.82, 2.24) is 9.80 Å². The summed E-state index contributed by atoms with van der Waals surface area (Å²) < 4.78 is 5.30. The highest BCUT2D eigenvalue weighted by molar-refractivity contribution is 5.76. The zero-order chi connectivity index (χ0) is 14.5. The predicted octanol–water partition coefficient (Wildman–Crippen LogP) is 2.55. The van der Waals surface area contributed by atoms with Gasteiger partial charge in [-0.1, -0.05) is 0 Å². The van der Waals surface area contributed by atoms with Crippen molar-refractivity contribution in [2.24, 2.45) is 5.92 Å². The molecule has 2 saturated heterocycles. The molecule has 116 valence electrons. The van der Waals surface area contributed by atoms with E-state index in [2.05, 4.69) is 9.80 Å². The third kappa shape index (κ3) is 4.10. The highest BCUT2D eigenvalue weighted by Gasteiger charge is 2.25. The number of carbonyl (C=O) groups excluding carboxylic acids is 1. The molecule has 4 nitrogen and oxygen atoms in total. The van der Waals surface area contributed by atoms with E-state index >= 15 is 0 Å². The van der Waals surface area contributed by atoms with E-state index in [1.807, 2.05) is 12.1 Å². The van der Waals surface area contributed by atoms with Crippen LogP contribution in [0.2, 0.25) is 0 Å². The summed E-state index contributed by atoms with van der Waals surface area (Å²) in [6.07, 6.45) is 8.09. The average molecular weight is 290 g/mol. The molecule has 0 N–H and O–H groups in total. The second-order valence-corrected chi connectivity index (χ2v) is 6.44. The number of hydrogen-bond acceptors (Lipinski definition) is 3. The van der Waals surface area contributed by atoms with Crippen LogP contribution in [0.3, 0.4) is 0 Å². The Hall–Kier alpha value is -1.29. The molecule has 1 aromatic rings. The highest BCUT2D eigenvalue weighted by Crippen LogP contribution is 2.20. The lowest BCUT2D eigenvalue weighted by Crippen LogP contribution is -2.43. The van der Waals surface area contributed by atoms with Gasteiger partial charge in [-0.3, -0.25) is 4.79 Å². The van der Waals surface area contributed by atoms with E-state index in [-0.39, 0.29) is 5.91 Å². The molecule has 3 heterocycles. The van der Waals surface area contributed by atoms with Gasteiger partial charge in [-0.2, -0.15) is 0 Å². The van der Waals surface area contributed by atoms with Crippen LogP contribution in [0.4, 0.5) is 0 Å². The minimum Gasteiger partial charge on any atom is -0.469 e. The maximum atomic E-state index is 12.3. The molecular formula is C17H26N2O2. The molecule has 3 rings (SSSR count). The van der Waals surface area contributed by atoms with Gasteiger partial charge in [0.05, 0.1) is 6.26 Å². The summed E-state index contributed by atoms with van der Waals surface area (Å²) in [5.41, 5.74) is 0. The Labute approximate surface area is 127 Å². The summed E-state index contributed by atoms with van der Waals surface area (Å²) in [6, 6.07) is 3.83. The number of likely N-dealkylation sites (tertiary alicyclic amines) is 2. The maximum Gasteiger partial charge on any atom is 0.223 e. The number of hydrogen-bond donors (Lipinski definition) is 0. The SMILES string of the molecule is O=C(CCc1ccco1)N1CCCC(CN2CCCC2)C1. The summed E-state index contributed by atoms with van der Waals surface area (Å²) >= 11 is 0. The Morgan fingerprint density at radius 3 is 2.86 bits per heavy atom. The zero-order valence-corrected chi connectivity index (χ0v) is 12.8. The fraction of sp³-hybridized carbons (Fsp3) is 0.706. The van der Waals surface area contributed by atoms with Gasteiger partial charge in [-0.25, -0.2) is 0 Å². The molecule has 1 atom stereocenters. The monoisotopic (exact) mass is 290 g/mol. The molecule has 2 fully saturated rings. The van der Waals surface area contributed by atoms with Crippen molar-refractivity contribution < 1.29 is 9.21 Å². The van der Waals surface area contributed by atoms with Crippen LogP contribution in [0.1, 0.15) is 37.9 Å². The largest absolute Gasteiger partial charge is 0.469 e. The van der Waals surface area contributed by atoms with E-state index in [0.29, 0.717) is 12.3 Å². The van der Waals surface area contributed by atoms with Crippen LogP contribution in [-0.4, -0.2) is 48.4 Å². The molecule has 2 aliphatic heterocycles. The van der Waals surface area contributed by atoms with Gasteiger partial charge in [0.1, 0.15) is 5.76 Å². The number of aryl methyl sites for hydroxylation is 1. The summed E-state index contributed by atoms with van der Waals surface area (Å²) in [6.45, 7) is 5.58. The number of nitrogens with zero attached hydrogens (tertiary/aromatic N) is 2. The first-order chi connectivity index (χ1) is 10.3. The molecule has 0 aliphatic carbocycles. The molecule has 1 aromatic heterocycles. The first kappa shape index (κ1) is 14.6. The lowest BCUT2D eigenvalue weighted by Gasteiger charge is -2.34. The maximum absolute atomic E-state index is 12.3. The minimum atomic E-state index is 0.289. The van der Waals surface area contributed by atoms with Crippen LogP contribution in [0.5, 0.6) is 0 Å². The van der Waals surface area contributed by atoms with Gasteiger partial charge in [0.2, 0.25) is 5.91 Å². The van der Waals surface area contributed by atoms with Crippen LogP contribution in [-0.2, 0) is 11.2 Å². The second-order valence-electron chi connectivity index (χ2n) is 6.44.